The quantitative estimate of drug-likeness (QED) is 0.399. The van der Waals surface area contributed by atoms with Gasteiger partial charge in [0.05, 0.1) is 18.3 Å². The standard InChI is InChI=1S/C30H27N3O3/c1-36-26-13-7-3-9-22(26)20-32-16-18-33(19-17-32)30(27-15-14-21-8-2-6-12-25(21)31-27)28(34)23-10-4-5-11-24(23)29(30)35/h2-15H,16-20H2,1H3. The Morgan fingerprint density at radius 3 is 2.14 bits per heavy atom. The van der Waals surface area contributed by atoms with Crippen LogP contribution in [0.3, 0.4) is 0 Å². The summed E-state index contributed by atoms with van der Waals surface area (Å²) in [6.45, 7) is 3.36. The molecule has 0 spiro atoms. The number of hydrogen-bond donors (Lipinski definition) is 0. The van der Waals surface area contributed by atoms with Crippen molar-refractivity contribution in [1.29, 1.82) is 0 Å². The molecule has 1 aliphatic heterocycles. The van der Waals surface area contributed by atoms with Gasteiger partial charge in [-0.15, -0.1) is 0 Å². The van der Waals surface area contributed by atoms with E-state index in [1.807, 2.05) is 71.6 Å². The minimum Gasteiger partial charge on any atom is -0.496 e. The summed E-state index contributed by atoms with van der Waals surface area (Å²) < 4.78 is 5.53. The largest absolute Gasteiger partial charge is 0.496 e. The number of hydrogen-bond acceptors (Lipinski definition) is 6. The molecule has 2 aliphatic rings. The summed E-state index contributed by atoms with van der Waals surface area (Å²) >= 11 is 0. The first-order chi connectivity index (χ1) is 17.6. The monoisotopic (exact) mass is 477 g/mol. The number of carbonyl (C=O) groups excluding carboxylic acids is 2. The van der Waals surface area contributed by atoms with Gasteiger partial charge in [0.25, 0.3) is 0 Å². The molecule has 0 atom stereocenters. The van der Waals surface area contributed by atoms with Crippen LogP contribution in [0.5, 0.6) is 5.75 Å². The van der Waals surface area contributed by atoms with Crippen LogP contribution < -0.4 is 4.74 Å². The third-order valence-electron chi connectivity index (χ3n) is 7.48. The maximum Gasteiger partial charge on any atom is 0.198 e. The van der Waals surface area contributed by atoms with Gasteiger partial charge >= 0.3 is 0 Å². The van der Waals surface area contributed by atoms with Crippen LogP contribution in [0.1, 0.15) is 32.0 Å². The summed E-state index contributed by atoms with van der Waals surface area (Å²) in [5.74, 6) is 0.515. The molecule has 0 unspecified atom stereocenters. The van der Waals surface area contributed by atoms with Gasteiger partial charge in [-0.2, -0.15) is 0 Å². The number of rotatable bonds is 5. The Morgan fingerprint density at radius 2 is 1.42 bits per heavy atom. The van der Waals surface area contributed by atoms with Crippen molar-refractivity contribution in [2.45, 2.75) is 12.1 Å². The second-order valence-corrected chi connectivity index (χ2v) is 9.38. The average molecular weight is 478 g/mol. The topological polar surface area (TPSA) is 62.7 Å². The minimum atomic E-state index is -1.44. The van der Waals surface area contributed by atoms with E-state index >= 15 is 0 Å². The molecule has 6 rings (SSSR count). The highest BCUT2D eigenvalue weighted by atomic mass is 16.5. The first kappa shape index (κ1) is 22.6. The molecule has 1 fully saturated rings. The van der Waals surface area contributed by atoms with Crippen LogP contribution in [0, 0.1) is 0 Å². The van der Waals surface area contributed by atoms with Gasteiger partial charge in [0, 0.05) is 54.8 Å². The Balaban J connectivity index is 1.36. The highest BCUT2D eigenvalue weighted by Gasteiger charge is 2.59. The highest BCUT2D eigenvalue weighted by molar-refractivity contribution is 6.32. The molecule has 1 aliphatic carbocycles. The predicted molar refractivity (Wildman–Crippen MR) is 138 cm³/mol. The van der Waals surface area contributed by atoms with Crippen molar-refractivity contribution in [1.82, 2.24) is 14.8 Å². The Kier molecular flexibility index (Phi) is 5.63. The zero-order valence-electron chi connectivity index (χ0n) is 20.2. The number of para-hydroxylation sites is 2. The number of Topliss-reactive ketones (excluding diaryl/α,β-unsaturated/α-hetero) is 2. The van der Waals surface area contributed by atoms with E-state index in [1.54, 1.807) is 19.2 Å². The number of pyridine rings is 1. The minimum absolute atomic E-state index is 0.177. The second kappa shape index (κ2) is 8.97. The van der Waals surface area contributed by atoms with Crippen molar-refractivity contribution < 1.29 is 14.3 Å². The fourth-order valence-electron chi connectivity index (χ4n) is 5.64. The number of aromatic nitrogens is 1. The van der Waals surface area contributed by atoms with Gasteiger partial charge in [0.2, 0.25) is 0 Å². The van der Waals surface area contributed by atoms with Crippen LogP contribution in [0.25, 0.3) is 10.9 Å². The summed E-state index contributed by atoms with van der Waals surface area (Å²) in [5.41, 5.74) is 1.93. The molecule has 0 radical (unpaired) electrons. The predicted octanol–water partition coefficient (Wildman–Crippen LogP) is 4.34. The lowest BCUT2D eigenvalue weighted by atomic mass is 9.85. The lowest BCUT2D eigenvalue weighted by Gasteiger charge is -2.43. The molecule has 180 valence electrons. The van der Waals surface area contributed by atoms with Crippen LogP contribution in [-0.4, -0.2) is 59.6 Å². The molecule has 6 heteroatoms. The first-order valence-electron chi connectivity index (χ1n) is 12.3. The maximum atomic E-state index is 14.1. The van der Waals surface area contributed by atoms with Crippen LogP contribution >= 0.6 is 0 Å². The van der Waals surface area contributed by atoms with Crippen LogP contribution in [0.15, 0.2) is 84.9 Å². The third kappa shape index (κ3) is 3.45. The van der Waals surface area contributed by atoms with E-state index in [1.165, 1.54) is 0 Å². The van der Waals surface area contributed by atoms with Crippen LogP contribution in [0.4, 0.5) is 0 Å². The third-order valence-corrected chi connectivity index (χ3v) is 7.48. The number of methoxy groups -OCH3 is 1. The van der Waals surface area contributed by atoms with Gasteiger partial charge in [-0.3, -0.25) is 19.4 Å². The molecule has 36 heavy (non-hydrogen) atoms. The fraction of sp³-hybridized carbons (Fsp3) is 0.233. The molecule has 4 aromatic rings. The molecule has 0 amide bonds. The van der Waals surface area contributed by atoms with Crippen molar-refractivity contribution in [3.63, 3.8) is 0 Å². The molecule has 1 aromatic heterocycles. The molecular formula is C30H27N3O3. The van der Waals surface area contributed by atoms with Crippen molar-refractivity contribution >= 4 is 22.5 Å². The van der Waals surface area contributed by atoms with Crippen LogP contribution in [0.2, 0.25) is 0 Å². The number of piperazine rings is 1. The Labute approximate surface area is 210 Å². The highest BCUT2D eigenvalue weighted by Crippen LogP contribution is 2.42. The second-order valence-electron chi connectivity index (χ2n) is 9.38. The number of benzene rings is 3. The molecule has 0 saturated carbocycles. The van der Waals surface area contributed by atoms with Gasteiger partial charge < -0.3 is 4.74 Å². The summed E-state index contributed by atoms with van der Waals surface area (Å²) in [6, 6.07) is 26.8. The lowest BCUT2D eigenvalue weighted by Crippen LogP contribution is -2.60. The normalized spacial score (nSPS) is 17.9. The zero-order chi connectivity index (χ0) is 24.7. The van der Waals surface area contributed by atoms with E-state index in [9.17, 15) is 9.59 Å². The van der Waals surface area contributed by atoms with E-state index in [0.717, 1.165) is 41.9 Å². The van der Waals surface area contributed by atoms with Gasteiger partial charge in [-0.05, 0) is 18.2 Å². The van der Waals surface area contributed by atoms with Gasteiger partial charge in [-0.25, -0.2) is 4.98 Å². The Bertz CT molecular complexity index is 1440. The number of nitrogens with zero attached hydrogens (tertiary/aromatic N) is 3. The van der Waals surface area contributed by atoms with Crippen molar-refractivity contribution in [3.8, 4) is 5.75 Å². The number of fused-ring (bicyclic) bond motifs is 2. The number of carbonyl (C=O) groups is 2. The molecule has 0 bridgehead atoms. The summed E-state index contributed by atoms with van der Waals surface area (Å²) in [4.78, 5) is 37.5. The molecule has 1 saturated heterocycles. The van der Waals surface area contributed by atoms with Gasteiger partial charge in [-0.1, -0.05) is 66.7 Å². The van der Waals surface area contributed by atoms with Gasteiger partial charge in [0.15, 0.2) is 17.1 Å². The van der Waals surface area contributed by atoms with E-state index in [4.69, 9.17) is 9.72 Å². The molecule has 6 nitrogen and oxygen atoms in total. The van der Waals surface area contributed by atoms with E-state index < -0.39 is 5.54 Å². The molecular weight excluding hydrogens is 450 g/mol. The van der Waals surface area contributed by atoms with Crippen molar-refractivity contribution in [2.24, 2.45) is 0 Å². The zero-order valence-corrected chi connectivity index (χ0v) is 20.2. The fourth-order valence-corrected chi connectivity index (χ4v) is 5.64. The summed E-state index contributed by atoms with van der Waals surface area (Å²) in [6.07, 6.45) is 0. The van der Waals surface area contributed by atoms with Gasteiger partial charge in [0.1, 0.15) is 5.75 Å². The Morgan fingerprint density at radius 1 is 0.778 bits per heavy atom. The van der Waals surface area contributed by atoms with Crippen molar-refractivity contribution in [3.05, 3.63) is 107 Å². The van der Waals surface area contributed by atoms with Crippen LogP contribution in [-0.2, 0) is 12.1 Å². The number of ether oxygens (including phenoxy) is 1. The maximum absolute atomic E-state index is 14.1. The van der Waals surface area contributed by atoms with E-state index in [0.29, 0.717) is 29.9 Å². The average Bonchev–Trinajstić information content (AvgIpc) is 3.16. The first-order valence-corrected chi connectivity index (χ1v) is 12.3. The number of ketones is 2. The summed E-state index contributed by atoms with van der Waals surface area (Å²) in [7, 11) is 1.69. The SMILES string of the molecule is COc1ccccc1CN1CCN(C2(c3ccc4ccccc4n3)C(=O)c3ccccc3C2=O)CC1. The van der Waals surface area contributed by atoms with E-state index in [-0.39, 0.29) is 11.6 Å². The van der Waals surface area contributed by atoms with E-state index in [2.05, 4.69) is 11.0 Å². The summed E-state index contributed by atoms with van der Waals surface area (Å²) in [5, 5.41) is 0.980. The smallest absolute Gasteiger partial charge is 0.198 e. The lowest BCUT2D eigenvalue weighted by molar-refractivity contribution is 0.0267. The molecule has 2 heterocycles. The Hall–Kier alpha value is -3.87. The van der Waals surface area contributed by atoms with Crippen molar-refractivity contribution in [2.75, 3.05) is 33.3 Å². The molecule has 3 aromatic carbocycles. The molecule has 0 N–H and O–H groups in total.